The molecule has 2 rings (SSSR count). The Labute approximate surface area is 111 Å². The minimum atomic E-state index is -0.951. The van der Waals surface area contributed by atoms with E-state index < -0.39 is 5.97 Å². The molecule has 1 atom stereocenters. The topological polar surface area (TPSA) is 64.4 Å². The average Bonchev–Trinajstić information content (AvgIpc) is 2.66. The fourth-order valence-electron chi connectivity index (χ4n) is 2.26. The highest BCUT2D eigenvalue weighted by Gasteiger charge is 2.16. The van der Waals surface area contributed by atoms with Crippen molar-refractivity contribution in [3.8, 4) is 0 Å². The van der Waals surface area contributed by atoms with Gasteiger partial charge in [-0.1, -0.05) is 6.07 Å². The molecule has 1 aromatic carbocycles. The maximum absolute atomic E-state index is 11.2. The number of aromatic nitrogens is 2. The highest BCUT2D eigenvalue weighted by molar-refractivity contribution is 6.01. The monoisotopic (exact) mass is 262 g/mol. The van der Waals surface area contributed by atoms with E-state index in [0.29, 0.717) is 18.7 Å². The van der Waals surface area contributed by atoms with E-state index >= 15 is 0 Å². The zero-order valence-electron chi connectivity index (χ0n) is 11.4. The Kier molecular flexibility index (Phi) is 3.85. The first-order valence-corrected chi connectivity index (χ1v) is 6.35. The number of carbonyl (C=O) groups is 1. The van der Waals surface area contributed by atoms with Gasteiger partial charge in [0.15, 0.2) is 0 Å². The van der Waals surface area contributed by atoms with Crippen LogP contribution < -0.4 is 0 Å². The molecule has 0 saturated heterocycles. The van der Waals surface area contributed by atoms with Crippen LogP contribution >= 0.6 is 0 Å². The predicted octanol–water partition coefficient (Wildman–Crippen LogP) is 2.47. The van der Waals surface area contributed by atoms with Crippen LogP contribution in [-0.4, -0.2) is 33.3 Å². The number of carboxylic acid groups (broad SMARTS) is 1. The molecule has 5 nitrogen and oxygen atoms in total. The quantitative estimate of drug-likeness (QED) is 0.899. The van der Waals surface area contributed by atoms with Gasteiger partial charge < -0.3 is 14.4 Å². The van der Waals surface area contributed by atoms with Gasteiger partial charge >= 0.3 is 5.97 Å². The third kappa shape index (κ3) is 2.61. The summed E-state index contributed by atoms with van der Waals surface area (Å²) < 4.78 is 7.53. The number of rotatable bonds is 5. The normalized spacial score (nSPS) is 12.8. The Balaban J connectivity index is 2.48. The van der Waals surface area contributed by atoms with E-state index in [-0.39, 0.29) is 11.7 Å². The third-order valence-corrected chi connectivity index (χ3v) is 3.09. The molecule has 1 aromatic heterocycles. The first-order chi connectivity index (χ1) is 9.04. The van der Waals surface area contributed by atoms with E-state index in [2.05, 4.69) is 4.98 Å². The molecule has 0 bridgehead atoms. The Morgan fingerprint density at radius 2 is 2.26 bits per heavy atom. The highest BCUT2D eigenvalue weighted by atomic mass is 16.5. The smallest absolute Gasteiger partial charge is 0.337 e. The molecule has 1 unspecified atom stereocenters. The fraction of sp³-hybridized carbons (Fsp3) is 0.429. The third-order valence-electron chi connectivity index (χ3n) is 3.09. The van der Waals surface area contributed by atoms with E-state index in [1.54, 1.807) is 12.1 Å². The van der Waals surface area contributed by atoms with Gasteiger partial charge in [-0.25, -0.2) is 9.78 Å². The number of aromatic carboxylic acids is 1. The molecule has 0 spiro atoms. The van der Waals surface area contributed by atoms with E-state index in [1.807, 2.05) is 31.4 Å². The van der Waals surface area contributed by atoms with Crippen molar-refractivity contribution in [3.05, 3.63) is 29.6 Å². The van der Waals surface area contributed by atoms with E-state index in [0.717, 1.165) is 11.3 Å². The van der Waals surface area contributed by atoms with Gasteiger partial charge in [0.1, 0.15) is 11.3 Å². The zero-order chi connectivity index (χ0) is 14.0. The summed E-state index contributed by atoms with van der Waals surface area (Å²) in [5, 5.41) is 9.18. The van der Waals surface area contributed by atoms with Crippen molar-refractivity contribution in [2.24, 2.45) is 0 Å². The van der Waals surface area contributed by atoms with Crippen molar-refractivity contribution >= 4 is 17.0 Å². The lowest BCUT2D eigenvalue weighted by Gasteiger charge is -2.14. The molecule has 1 heterocycles. The van der Waals surface area contributed by atoms with Crippen molar-refractivity contribution in [3.63, 3.8) is 0 Å². The number of carboxylic acids is 1. The largest absolute Gasteiger partial charge is 0.478 e. The molecule has 0 aliphatic carbocycles. The number of aryl methyl sites for hydroxylation is 1. The molecule has 0 aliphatic heterocycles. The molecule has 0 radical (unpaired) electrons. The highest BCUT2D eigenvalue weighted by Crippen LogP contribution is 2.20. The van der Waals surface area contributed by atoms with Crippen LogP contribution in [0.1, 0.15) is 30.0 Å². The fourth-order valence-corrected chi connectivity index (χ4v) is 2.26. The number of fused-ring (bicyclic) bond motifs is 1. The average molecular weight is 262 g/mol. The van der Waals surface area contributed by atoms with Gasteiger partial charge in [0.25, 0.3) is 0 Å². The van der Waals surface area contributed by atoms with Crippen molar-refractivity contribution in [1.82, 2.24) is 9.55 Å². The summed E-state index contributed by atoms with van der Waals surface area (Å²) in [6.07, 6.45) is 0.0644. The minimum Gasteiger partial charge on any atom is -0.478 e. The van der Waals surface area contributed by atoms with Crippen LogP contribution in [0.2, 0.25) is 0 Å². The second kappa shape index (κ2) is 5.40. The summed E-state index contributed by atoms with van der Waals surface area (Å²) in [4.78, 5) is 15.6. The van der Waals surface area contributed by atoms with Gasteiger partial charge in [-0.15, -0.1) is 0 Å². The Morgan fingerprint density at radius 1 is 1.53 bits per heavy atom. The molecular weight excluding hydrogens is 244 g/mol. The van der Waals surface area contributed by atoms with Crippen LogP contribution in [0.15, 0.2) is 18.2 Å². The van der Waals surface area contributed by atoms with Gasteiger partial charge in [0.2, 0.25) is 0 Å². The van der Waals surface area contributed by atoms with Gasteiger partial charge in [-0.05, 0) is 32.9 Å². The van der Waals surface area contributed by atoms with Crippen LogP contribution in [0.25, 0.3) is 11.0 Å². The molecule has 0 fully saturated rings. The van der Waals surface area contributed by atoms with Crippen molar-refractivity contribution in [2.75, 3.05) is 6.61 Å². The zero-order valence-corrected chi connectivity index (χ0v) is 11.4. The Morgan fingerprint density at radius 3 is 2.89 bits per heavy atom. The standard InChI is InChI=1S/C14H18N2O3/c1-4-19-9(2)8-16-10(3)15-13-11(14(17)18)6-5-7-12(13)16/h5-7,9H,4,8H2,1-3H3,(H,17,18). The van der Waals surface area contributed by atoms with Crippen LogP contribution in [0.5, 0.6) is 0 Å². The Bertz CT molecular complexity index is 604. The molecule has 102 valence electrons. The molecule has 2 aromatic rings. The maximum atomic E-state index is 11.2. The molecular formula is C14H18N2O3. The minimum absolute atomic E-state index is 0.0644. The SMILES string of the molecule is CCOC(C)Cn1c(C)nc2c(C(=O)O)cccc21. The summed E-state index contributed by atoms with van der Waals surface area (Å²) in [6, 6.07) is 5.21. The van der Waals surface area contributed by atoms with Gasteiger partial charge in [-0.2, -0.15) is 0 Å². The van der Waals surface area contributed by atoms with Crippen LogP contribution in [-0.2, 0) is 11.3 Å². The van der Waals surface area contributed by atoms with Crippen LogP contribution in [0.4, 0.5) is 0 Å². The second-order valence-corrected chi connectivity index (χ2v) is 4.51. The Hall–Kier alpha value is -1.88. The summed E-state index contributed by atoms with van der Waals surface area (Å²) >= 11 is 0. The first-order valence-electron chi connectivity index (χ1n) is 6.35. The van der Waals surface area contributed by atoms with Crippen LogP contribution in [0, 0.1) is 6.92 Å². The number of ether oxygens (including phenoxy) is 1. The molecule has 19 heavy (non-hydrogen) atoms. The molecule has 0 saturated carbocycles. The maximum Gasteiger partial charge on any atom is 0.337 e. The van der Waals surface area contributed by atoms with Gasteiger partial charge in [0, 0.05) is 6.61 Å². The van der Waals surface area contributed by atoms with Gasteiger partial charge in [-0.3, -0.25) is 0 Å². The van der Waals surface area contributed by atoms with Crippen molar-refractivity contribution in [2.45, 2.75) is 33.4 Å². The van der Waals surface area contributed by atoms with E-state index in [1.165, 1.54) is 0 Å². The summed E-state index contributed by atoms with van der Waals surface area (Å²) in [6.45, 7) is 7.16. The summed E-state index contributed by atoms with van der Waals surface area (Å²) in [5.41, 5.74) is 1.61. The number of benzene rings is 1. The van der Waals surface area contributed by atoms with Crippen molar-refractivity contribution in [1.29, 1.82) is 0 Å². The molecule has 1 N–H and O–H groups in total. The number of imidazole rings is 1. The van der Waals surface area contributed by atoms with Crippen LogP contribution in [0.3, 0.4) is 0 Å². The second-order valence-electron chi connectivity index (χ2n) is 4.51. The molecule has 0 aliphatic rings. The predicted molar refractivity (Wildman–Crippen MR) is 72.5 cm³/mol. The first kappa shape index (κ1) is 13.5. The molecule has 0 amide bonds. The molecule has 5 heteroatoms. The van der Waals surface area contributed by atoms with E-state index in [4.69, 9.17) is 4.74 Å². The van der Waals surface area contributed by atoms with Gasteiger partial charge in [0.05, 0.1) is 23.7 Å². The lowest BCUT2D eigenvalue weighted by molar-refractivity contribution is 0.0644. The lowest BCUT2D eigenvalue weighted by atomic mass is 10.2. The summed E-state index contributed by atoms with van der Waals surface area (Å²) in [7, 11) is 0. The lowest BCUT2D eigenvalue weighted by Crippen LogP contribution is -2.17. The number of nitrogens with zero attached hydrogens (tertiary/aromatic N) is 2. The van der Waals surface area contributed by atoms with Crippen molar-refractivity contribution < 1.29 is 14.6 Å². The van der Waals surface area contributed by atoms with E-state index in [9.17, 15) is 9.90 Å². The number of hydrogen-bond acceptors (Lipinski definition) is 3. The number of hydrogen-bond donors (Lipinski definition) is 1. The summed E-state index contributed by atoms with van der Waals surface area (Å²) in [5.74, 6) is -0.150. The number of para-hydroxylation sites is 1.